The Kier molecular flexibility index (Phi) is 8.08. The number of benzene rings is 2. The first-order valence-corrected chi connectivity index (χ1v) is 9.37. The fraction of sp³-hybridized carbons (Fsp3) is 0.190. The molecule has 29 heavy (non-hydrogen) atoms. The van der Waals surface area contributed by atoms with E-state index in [4.69, 9.17) is 32.7 Å². The van der Waals surface area contributed by atoms with Crippen molar-refractivity contribution >= 4 is 46.8 Å². The molecule has 6 nitrogen and oxygen atoms in total. The first-order valence-electron chi connectivity index (χ1n) is 8.61. The molecule has 0 aliphatic carbocycles. The highest BCUT2D eigenvalue weighted by atomic mass is 35.5. The minimum absolute atomic E-state index is 0.113. The smallest absolute Gasteiger partial charge is 0.344 e. The molecule has 0 aliphatic heterocycles. The molecular weight excluding hydrogens is 415 g/mol. The average Bonchev–Trinajstić information content (AvgIpc) is 2.68. The summed E-state index contributed by atoms with van der Waals surface area (Å²) in [5.41, 5.74) is 1.76. The van der Waals surface area contributed by atoms with Gasteiger partial charge in [-0.25, -0.2) is 4.79 Å². The van der Waals surface area contributed by atoms with Crippen molar-refractivity contribution in [3.05, 3.63) is 63.1 Å². The highest BCUT2D eigenvalue weighted by molar-refractivity contribution is 6.32. The van der Waals surface area contributed by atoms with Crippen LogP contribution in [-0.4, -0.2) is 25.1 Å². The fourth-order valence-electron chi connectivity index (χ4n) is 2.25. The Hall–Kier alpha value is -3.01. The van der Waals surface area contributed by atoms with E-state index in [1.165, 1.54) is 12.1 Å². The van der Waals surface area contributed by atoms with E-state index in [-0.39, 0.29) is 29.6 Å². The van der Waals surface area contributed by atoms with Gasteiger partial charge in [-0.2, -0.15) is 5.26 Å². The Bertz CT molecular complexity index is 997. The van der Waals surface area contributed by atoms with Crippen LogP contribution < -0.4 is 10.1 Å². The van der Waals surface area contributed by atoms with Crippen molar-refractivity contribution in [2.75, 3.05) is 18.5 Å². The first kappa shape index (κ1) is 22.3. The molecule has 1 amide bonds. The zero-order chi connectivity index (χ0) is 21.4. The van der Waals surface area contributed by atoms with Crippen molar-refractivity contribution in [3.63, 3.8) is 0 Å². The summed E-state index contributed by atoms with van der Waals surface area (Å²) in [5.74, 6) is -0.799. The number of hydrogen-bond donors (Lipinski definition) is 1. The van der Waals surface area contributed by atoms with Crippen LogP contribution in [-0.2, 0) is 14.3 Å². The Balaban J connectivity index is 2.12. The normalized spacial score (nSPS) is 10.8. The Morgan fingerprint density at radius 3 is 2.55 bits per heavy atom. The molecule has 0 aromatic heterocycles. The predicted octanol–water partition coefficient (Wildman–Crippen LogP) is 4.79. The number of amides is 1. The van der Waals surface area contributed by atoms with Crippen molar-refractivity contribution in [1.82, 2.24) is 0 Å². The molecule has 2 aromatic carbocycles. The monoisotopic (exact) mass is 432 g/mol. The summed E-state index contributed by atoms with van der Waals surface area (Å²) in [6.45, 7) is 3.53. The minimum Gasteiger partial charge on any atom is -0.480 e. The summed E-state index contributed by atoms with van der Waals surface area (Å²) in [7, 11) is 0. The summed E-state index contributed by atoms with van der Waals surface area (Å²) in [6, 6.07) is 11.6. The van der Waals surface area contributed by atoms with Crippen molar-refractivity contribution < 1.29 is 19.1 Å². The third-order valence-corrected chi connectivity index (χ3v) is 4.42. The average molecular weight is 433 g/mol. The standard InChI is InChI=1S/C21H18Cl2N2O4/c1-3-28-20(26)12-29-19-7-5-14(9-18(19)23)8-15(11-24)21(27)25-16-6-4-13(2)17(22)10-16/h4-10H,3,12H2,1-2H3,(H,25,27)/b15-8+. The molecule has 2 rings (SSSR count). The highest BCUT2D eigenvalue weighted by Gasteiger charge is 2.12. The van der Waals surface area contributed by atoms with E-state index < -0.39 is 11.9 Å². The van der Waals surface area contributed by atoms with Crippen LogP contribution in [0.1, 0.15) is 18.1 Å². The first-order chi connectivity index (χ1) is 13.8. The molecule has 0 spiro atoms. The van der Waals surface area contributed by atoms with Crippen LogP contribution in [0.5, 0.6) is 5.75 Å². The SMILES string of the molecule is CCOC(=O)COc1ccc(/C=C(\C#N)C(=O)Nc2ccc(C)c(Cl)c2)cc1Cl. The van der Waals surface area contributed by atoms with Crippen molar-refractivity contribution in [2.24, 2.45) is 0 Å². The van der Waals surface area contributed by atoms with E-state index in [0.717, 1.165) is 5.56 Å². The third-order valence-electron chi connectivity index (χ3n) is 3.71. The number of nitrogens with zero attached hydrogens (tertiary/aromatic N) is 1. The molecule has 0 saturated heterocycles. The van der Waals surface area contributed by atoms with Gasteiger partial charge in [-0.15, -0.1) is 0 Å². The summed E-state index contributed by atoms with van der Waals surface area (Å²) < 4.78 is 10.1. The number of aryl methyl sites for hydroxylation is 1. The van der Waals surface area contributed by atoms with Crippen LogP contribution in [0.25, 0.3) is 6.08 Å². The van der Waals surface area contributed by atoms with E-state index in [0.29, 0.717) is 16.3 Å². The second kappa shape index (κ2) is 10.5. The van der Waals surface area contributed by atoms with E-state index in [1.807, 2.05) is 13.0 Å². The lowest BCUT2D eigenvalue weighted by atomic mass is 10.1. The molecule has 0 heterocycles. The van der Waals surface area contributed by atoms with Gasteiger partial charge in [0.15, 0.2) is 6.61 Å². The molecule has 0 aliphatic rings. The molecule has 2 aromatic rings. The van der Waals surface area contributed by atoms with E-state index in [1.54, 1.807) is 37.3 Å². The number of nitriles is 1. The number of nitrogens with one attached hydrogen (secondary N) is 1. The van der Waals surface area contributed by atoms with Gasteiger partial charge in [0.1, 0.15) is 17.4 Å². The number of anilines is 1. The number of esters is 1. The van der Waals surface area contributed by atoms with E-state index in [2.05, 4.69) is 5.32 Å². The molecule has 0 saturated carbocycles. The third kappa shape index (κ3) is 6.53. The second-order valence-electron chi connectivity index (χ2n) is 5.87. The molecular formula is C21H18Cl2N2O4. The van der Waals surface area contributed by atoms with Gasteiger partial charge in [0.2, 0.25) is 0 Å². The quantitative estimate of drug-likeness (QED) is 0.385. The molecule has 0 atom stereocenters. The van der Waals surface area contributed by atoms with Gasteiger partial charge in [-0.1, -0.05) is 35.3 Å². The van der Waals surface area contributed by atoms with Crippen LogP contribution in [0.15, 0.2) is 42.0 Å². The van der Waals surface area contributed by atoms with Gasteiger partial charge in [0.25, 0.3) is 5.91 Å². The fourth-order valence-corrected chi connectivity index (χ4v) is 2.67. The molecule has 150 valence electrons. The van der Waals surface area contributed by atoms with Gasteiger partial charge in [0, 0.05) is 10.7 Å². The van der Waals surface area contributed by atoms with Crippen LogP contribution in [0, 0.1) is 18.3 Å². The molecule has 1 N–H and O–H groups in total. The summed E-state index contributed by atoms with van der Waals surface area (Å²) in [5, 5.41) is 12.7. The number of carbonyl (C=O) groups excluding carboxylic acids is 2. The Labute approximate surface area is 178 Å². The predicted molar refractivity (Wildman–Crippen MR) is 112 cm³/mol. The topological polar surface area (TPSA) is 88.4 Å². The number of halogens is 2. The second-order valence-corrected chi connectivity index (χ2v) is 6.69. The minimum atomic E-state index is -0.578. The molecule has 8 heteroatoms. The van der Waals surface area contributed by atoms with Crippen LogP contribution >= 0.6 is 23.2 Å². The Morgan fingerprint density at radius 2 is 1.93 bits per heavy atom. The van der Waals surface area contributed by atoms with E-state index >= 15 is 0 Å². The number of rotatable bonds is 7. The van der Waals surface area contributed by atoms with Crippen LogP contribution in [0.4, 0.5) is 5.69 Å². The van der Waals surface area contributed by atoms with E-state index in [9.17, 15) is 14.9 Å². The lowest BCUT2D eigenvalue weighted by molar-refractivity contribution is -0.145. The van der Waals surface area contributed by atoms with Gasteiger partial charge in [-0.3, -0.25) is 4.79 Å². The van der Waals surface area contributed by atoms with Crippen LogP contribution in [0.3, 0.4) is 0 Å². The molecule has 0 radical (unpaired) electrons. The molecule has 0 bridgehead atoms. The van der Waals surface area contributed by atoms with Gasteiger partial charge in [0.05, 0.1) is 11.6 Å². The van der Waals surface area contributed by atoms with Crippen molar-refractivity contribution in [1.29, 1.82) is 5.26 Å². The number of hydrogen-bond acceptors (Lipinski definition) is 5. The summed E-state index contributed by atoms with van der Waals surface area (Å²) in [4.78, 5) is 23.7. The summed E-state index contributed by atoms with van der Waals surface area (Å²) >= 11 is 12.2. The van der Waals surface area contributed by atoms with Gasteiger partial charge in [-0.05, 0) is 55.3 Å². The number of carbonyl (C=O) groups is 2. The summed E-state index contributed by atoms with van der Waals surface area (Å²) in [6.07, 6.45) is 1.39. The van der Waals surface area contributed by atoms with Crippen molar-refractivity contribution in [2.45, 2.75) is 13.8 Å². The maximum Gasteiger partial charge on any atom is 0.344 e. The number of ether oxygens (including phenoxy) is 2. The lowest BCUT2D eigenvalue weighted by Gasteiger charge is -2.09. The Morgan fingerprint density at radius 1 is 1.17 bits per heavy atom. The zero-order valence-corrected chi connectivity index (χ0v) is 17.3. The zero-order valence-electron chi connectivity index (χ0n) is 15.8. The maximum atomic E-state index is 12.4. The van der Waals surface area contributed by atoms with Gasteiger partial charge < -0.3 is 14.8 Å². The largest absolute Gasteiger partial charge is 0.480 e. The molecule has 0 fully saturated rings. The molecule has 0 unspecified atom stereocenters. The lowest BCUT2D eigenvalue weighted by Crippen LogP contribution is -2.14. The maximum absolute atomic E-state index is 12.4. The van der Waals surface area contributed by atoms with Crippen LogP contribution in [0.2, 0.25) is 10.0 Å². The van der Waals surface area contributed by atoms with Crippen molar-refractivity contribution in [3.8, 4) is 11.8 Å². The highest BCUT2D eigenvalue weighted by Crippen LogP contribution is 2.27. The van der Waals surface area contributed by atoms with Gasteiger partial charge >= 0.3 is 5.97 Å².